The number of amides is 1. The maximum atomic E-state index is 12.8. The van der Waals surface area contributed by atoms with Crippen molar-refractivity contribution in [1.82, 2.24) is 4.90 Å². The Kier molecular flexibility index (Phi) is 3.52. The van der Waals surface area contributed by atoms with Crippen LogP contribution in [0.25, 0.3) is 0 Å². The first-order valence-corrected chi connectivity index (χ1v) is 9.04. The van der Waals surface area contributed by atoms with Crippen molar-refractivity contribution in [2.45, 2.75) is 57.8 Å². The van der Waals surface area contributed by atoms with Crippen molar-refractivity contribution in [1.29, 1.82) is 0 Å². The van der Waals surface area contributed by atoms with Crippen LogP contribution in [0.4, 0.5) is 0 Å². The molecule has 5 fully saturated rings. The summed E-state index contributed by atoms with van der Waals surface area (Å²) < 4.78 is 0. The topological polar surface area (TPSA) is 40.5 Å². The summed E-state index contributed by atoms with van der Waals surface area (Å²) in [6.07, 6.45) is 11.5. The van der Waals surface area contributed by atoms with E-state index in [0.29, 0.717) is 17.9 Å². The van der Waals surface area contributed by atoms with Crippen molar-refractivity contribution in [2.24, 2.45) is 29.1 Å². The van der Waals surface area contributed by atoms with E-state index in [2.05, 4.69) is 0 Å². The standard InChI is InChI=1S/C18H29NO2/c20-4-3-19(12-13-1-2-13)17(21)11-18-8-14-5-15(9-18)7-16(6-14)10-18/h13-16,20H,1-12H2. The van der Waals surface area contributed by atoms with Gasteiger partial charge in [-0.1, -0.05) is 0 Å². The molecule has 1 N–H and O–H groups in total. The van der Waals surface area contributed by atoms with Gasteiger partial charge in [0.05, 0.1) is 6.61 Å². The zero-order valence-electron chi connectivity index (χ0n) is 13.1. The van der Waals surface area contributed by atoms with E-state index >= 15 is 0 Å². The van der Waals surface area contributed by atoms with E-state index in [9.17, 15) is 9.90 Å². The van der Waals surface area contributed by atoms with Gasteiger partial charge in [-0.25, -0.2) is 0 Å². The molecule has 0 heterocycles. The van der Waals surface area contributed by atoms with Gasteiger partial charge >= 0.3 is 0 Å². The van der Waals surface area contributed by atoms with E-state index in [-0.39, 0.29) is 6.61 Å². The molecule has 0 unspecified atom stereocenters. The highest BCUT2D eigenvalue weighted by atomic mass is 16.3. The fourth-order valence-electron chi connectivity index (χ4n) is 5.99. The highest BCUT2D eigenvalue weighted by Crippen LogP contribution is 2.61. The van der Waals surface area contributed by atoms with Crippen LogP contribution in [0.2, 0.25) is 0 Å². The first-order chi connectivity index (χ1) is 10.2. The normalized spacial score (nSPS) is 40.5. The maximum absolute atomic E-state index is 12.8. The minimum Gasteiger partial charge on any atom is -0.395 e. The number of hydrogen-bond acceptors (Lipinski definition) is 2. The first kappa shape index (κ1) is 14.0. The quantitative estimate of drug-likeness (QED) is 0.817. The fraction of sp³-hybridized carbons (Fsp3) is 0.944. The van der Waals surface area contributed by atoms with Crippen LogP contribution in [0, 0.1) is 29.1 Å². The van der Waals surface area contributed by atoms with Gasteiger partial charge in [-0.15, -0.1) is 0 Å². The van der Waals surface area contributed by atoms with Crippen molar-refractivity contribution in [2.75, 3.05) is 19.7 Å². The Hall–Kier alpha value is -0.570. The van der Waals surface area contributed by atoms with E-state index in [1.165, 1.54) is 51.4 Å². The average molecular weight is 291 g/mol. The van der Waals surface area contributed by atoms with E-state index < -0.39 is 0 Å². The van der Waals surface area contributed by atoms with Crippen molar-refractivity contribution in [3.63, 3.8) is 0 Å². The molecule has 3 heteroatoms. The molecule has 0 aromatic heterocycles. The van der Waals surface area contributed by atoms with E-state index in [0.717, 1.165) is 36.6 Å². The van der Waals surface area contributed by atoms with E-state index in [1.54, 1.807) is 0 Å². The average Bonchev–Trinajstić information content (AvgIpc) is 3.20. The monoisotopic (exact) mass is 291 g/mol. The Bertz CT molecular complexity index is 380. The zero-order valence-corrected chi connectivity index (χ0v) is 13.1. The molecule has 4 bridgehead atoms. The lowest BCUT2D eigenvalue weighted by Crippen LogP contribution is -2.48. The van der Waals surface area contributed by atoms with Gasteiger partial charge in [0.2, 0.25) is 5.91 Å². The Morgan fingerprint density at radius 2 is 1.62 bits per heavy atom. The lowest BCUT2D eigenvalue weighted by Gasteiger charge is -2.57. The summed E-state index contributed by atoms with van der Waals surface area (Å²) in [6.45, 7) is 1.55. The van der Waals surface area contributed by atoms with E-state index in [1.807, 2.05) is 4.90 Å². The Morgan fingerprint density at radius 3 is 2.10 bits per heavy atom. The Morgan fingerprint density at radius 1 is 1.05 bits per heavy atom. The molecule has 0 aromatic carbocycles. The smallest absolute Gasteiger partial charge is 0.223 e. The number of hydrogen-bond donors (Lipinski definition) is 1. The third-order valence-electron chi connectivity index (χ3n) is 6.59. The third kappa shape index (κ3) is 2.86. The van der Waals surface area contributed by atoms with Crippen LogP contribution >= 0.6 is 0 Å². The zero-order chi connectivity index (χ0) is 14.4. The van der Waals surface area contributed by atoms with Gasteiger partial charge in [-0.3, -0.25) is 4.79 Å². The van der Waals surface area contributed by atoms with Gasteiger partial charge in [-0.05, 0) is 80.5 Å². The van der Waals surface area contributed by atoms with Crippen LogP contribution in [-0.4, -0.2) is 35.6 Å². The van der Waals surface area contributed by atoms with Crippen molar-refractivity contribution < 1.29 is 9.90 Å². The predicted octanol–water partition coefficient (Wildman–Crippen LogP) is 2.82. The van der Waals surface area contributed by atoms with Gasteiger partial charge < -0.3 is 10.0 Å². The number of nitrogens with zero attached hydrogens (tertiary/aromatic N) is 1. The molecule has 5 aliphatic rings. The molecule has 3 nitrogen and oxygen atoms in total. The summed E-state index contributed by atoms with van der Waals surface area (Å²) >= 11 is 0. The molecule has 0 radical (unpaired) electrons. The predicted molar refractivity (Wildman–Crippen MR) is 81.6 cm³/mol. The third-order valence-corrected chi connectivity index (χ3v) is 6.59. The number of aliphatic hydroxyl groups excluding tert-OH is 1. The fourth-order valence-corrected chi connectivity index (χ4v) is 5.99. The minimum absolute atomic E-state index is 0.110. The SMILES string of the molecule is O=C(CC12CC3CC(CC(C3)C1)C2)N(CCO)CC1CC1. The second-order valence-electron chi connectivity index (χ2n) is 8.60. The minimum atomic E-state index is 0.110. The molecule has 5 saturated carbocycles. The van der Waals surface area contributed by atoms with Crippen molar-refractivity contribution in [3.8, 4) is 0 Å². The largest absolute Gasteiger partial charge is 0.395 e. The number of aliphatic hydroxyl groups is 1. The summed E-state index contributed by atoms with van der Waals surface area (Å²) in [4.78, 5) is 14.8. The molecule has 0 aliphatic heterocycles. The van der Waals surface area contributed by atoms with Crippen LogP contribution in [0.3, 0.4) is 0 Å². The summed E-state index contributed by atoms with van der Waals surface area (Å²) in [5.74, 6) is 3.80. The van der Waals surface area contributed by atoms with Crippen LogP contribution in [0.5, 0.6) is 0 Å². The Labute approximate surface area is 128 Å². The summed E-state index contributed by atoms with van der Waals surface area (Å²) in [5.41, 5.74) is 0.336. The molecular formula is C18H29NO2. The van der Waals surface area contributed by atoms with Gasteiger partial charge in [0.25, 0.3) is 0 Å². The van der Waals surface area contributed by atoms with Crippen LogP contribution in [0.1, 0.15) is 57.8 Å². The van der Waals surface area contributed by atoms with Crippen molar-refractivity contribution in [3.05, 3.63) is 0 Å². The number of rotatable bonds is 6. The lowest BCUT2D eigenvalue weighted by atomic mass is 9.49. The summed E-state index contributed by atoms with van der Waals surface area (Å²) in [5, 5.41) is 9.25. The molecule has 21 heavy (non-hydrogen) atoms. The van der Waals surface area contributed by atoms with E-state index in [4.69, 9.17) is 0 Å². The molecule has 0 aromatic rings. The molecule has 0 spiro atoms. The maximum Gasteiger partial charge on any atom is 0.223 e. The summed E-state index contributed by atoms with van der Waals surface area (Å²) in [6, 6.07) is 0. The number of carbonyl (C=O) groups excluding carboxylic acids is 1. The molecule has 0 saturated heterocycles. The molecule has 5 aliphatic carbocycles. The van der Waals surface area contributed by atoms with Gasteiger partial charge in [-0.2, -0.15) is 0 Å². The molecular weight excluding hydrogens is 262 g/mol. The van der Waals surface area contributed by atoms with Crippen LogP contribution < -0.4 is 0 Å². The Balaban J connectivity index is 1.42. The molecule has 0 atom stereocenters. The van der Waals surface area contributed by atoms with Crippen LogP contribution in [-0.2, 0) is 4.79 Å². The molecule has 1 amide bonds. The van der Waals surface area contributed by atoms with Crippen molar-refractivity contribution >= 4 is 5.91 Å². The molecule has 5 rings (SSSR count). The first-order valence-electron chi connectivity index (χ1n) is 9.04. The van der Waals surface area contributed by atoms with Crippen LogP contribution in [0.15, 0.2) is 0 Å². The highest BCUT2D eigenvalue weighted by molar-refractivity contribution is 5.77. The van der Waals surface area contributed by atoms with Gasteiger partial charge in [0.15, 0.2) is 0 Å². The highest BCUT2D eigenvalue weighted by Gasteiger charge is 2.51. The summed E-state index contributed by atoms with van der Waals surface area (Å²) in [7, 11) is 0. The van der Waals surface area contributed by atoms with Gasteiger partial charge in [0.1, 0.15) is 0 Å². The second kappa shape index (κ2) is 5.26. The number of carbonyl (C=O) groups is 1. The second-order valence-corrected chi connectivity index (χ2v) is 8.60. The molecule has 118 valence electrons. The van der Waals surface area contributed by atoms with Gasteiger partial charge in [0, 0.05) is 19.5 Å². The lowest BCUT2D eigenvalue weighted by molar-refractivity contribution is -0.140.